The third-order valence-corrected chi connectivity index (χ3v) is 6.25. The summed E-state index contributed by atoms with van der Waals surface area (Å²) in [5.74, 6) is -1.75. The Bertz CT molecular complexity index is 1190. The lowest BCUT2D eigenvalue weighted by atomic mass is 9.98. The van der Waals surface area contributed by atoms with E-state index >= 15 is 0 Å². The Morgan fingerprint density at radius 1 is 0.943 bits per heavy atom. The van der Waals surface area contributed by atoms with Crippen molar-refractivity contribution in [2.45, 2.75) is 32.2 Å². The normalized spacial score (nSPS) is 12.9. The minimum Gasteiger partial charge on any atom is -0.480 e. The maximum absolute atomic E-state index is 13.2. The van der Waals surface area contributed by atoms with Crippen molar-refractivity contribution in [3.05, 3.63) is 89.5 Å². The summed E-state index contributed by atoms with van der Waals surface area (Å²) in [6.45, 7) is 3.27. The van der Waals surface area contributed by atoms with Gasteiger partial charge < -0.3 is 15.2 Å². The molecule has 35 heavy (non-hydrogen) atoms. The van der Waals surface area contributed by atoms with E-state index in [1.54, 1.807) is 31.2 Å². The van der Waals surface area contributed by atoms with Crippen LogP contribution in [0.4, 0.5) is 10.5 Å². The number of amides is 2. The SMILES string of the molecule is CCC(NC(=O)OCC1c2ccccc2-c2ccccc21)C(=O)N(CC(=O)O)c1ccc(C)cc1. The average Bonchev–Trinajstić information content (AvgIpc) is 3.18. The van der Waals surface area contributed by atoms with Gasteiger partial charge in [0.1, 0.15) is 19.2 Å². The van der Waals surface area contributed by atoms with Crippen molar-refractivity contribution in [3.8, 4) is 11.1 Å². The van der Waals surface area contributed by atoms with Crippen LogP contribution < -0.4 is 10.2 Å². The molecule has 7 nitrogen and oxygen atoms in total. The van der Waals surface area contributed by atoms with Gasteiger partial charge >= 0.3 is 12.1 Å². The van der Waals surface area contributed by atoms with Gasteiger partial charge in [-0.3, -0.25) is 14.5 Å². The third-order valence-electron chi connectivity index (χ3n) is 6.25. The zero-order chi connectivity index (χ0) is 24.9. The zero-order valence-corrected chi connectivity index (χ0v) is 19.7. The van der Waals surface area contributed by atoms with Crippen LogP contribution in [-0.2, 0) is 14.3 Å². The van der Waals surface area contributed by atoms with Crippen LogP contribution in [0.3, 0.4) is 0 Å². The van der Waals surface area contributed by atoms with Crippen molar-refractivity contribution >= 4 is 23.7 Å². The lowest BCUT2D eigenvalue weighted by Gasteiger charge is -2.26. The van der Waals surface area contributed by atoms with Crippen molar-refractivity contribution in [2.24, 2.45) is 0 Å². The maximum Gasteiger partial charge on any atom is 0.407 e. The first-order valence-corrected chi connectivity index (χ1v) is 11.6. The molecule has 0 saturated carbocycles. The highest BCUT2D eigenvalue weighted by molar-refractivity contribution is 6.01. The molecule has 0 heterocycles. The largest absolute Gasteiger partial charge is 0.480 e. The highest BCUT2D eigenvalue weighted by Crippen LogP contribution is 2.44. The topological polar surface area (TPSA) is 95.9 Å². The number of carboxylic acid groups (broad SMARTS) is 1. The van der Waals surface area contributed by atoms with E-state index in [0.29, 0.717) is 5.69 Å². The van der Waals surface area contributed by atoms with Crippen LogP contribution in [0.5, 0.6) is 0 Å². The van der Waals surface area contributed by atoms with E-state index in [2.05, 4.69) is 17.4 Å². The molecule has 1 aliphatic carbocycles. The second-order valence-corrected chi connectivity index (χ2v) is 8.58. The minimum atomic E-state index is -1.14. The first-order chi connectivity index (χ1) is 16.9. The third kappa shape index (κ3) is 5.19. The van der Waals surface area contributed by atoms with Crippen LogP contribution in [-0.4, -0.2) is 42.3 Å². The van der Waals surface area contributed by atoms with Crippen LogP contribution in [0.25, 0.3) is 11.1 Å². The Morgan fingerprint density at radius 2 is 1.51 bits per heavy atom. The quantitative estimate of drug-likeness (QED) is 0.494. The van der Waals surface area contributed by atoms with Crippen LogP contribution in [0, 0.1) is 6.92 Å². The van der Waals surface area contributed by atoms with Gasteiger partial charge in [-0.15, -0.1) is 0 Å². The average molecular weight is 473 g/mol. The Labute approximate surface area is 204 Å². The number of fused-ring (bicyclic) bond motifs is 3. The summed E-state index contributed by atoms with van der Waals surface area (Å²) >= 11 is 0. The summed E-state index contributed by atoms with van der Waals surface area (Å²) in [6.07, 6.45) is -0.434. The smallest absolute Gasteiger partial charge is 0.407 e. The number of aliphatic carboxylic acids is 1. The summed E-state index contributed by atoms with van der Waals surface area (Å²) in [4.78, 5) is 38.5. The molecular weight excluding hydrogens is 444 g/mol. The fraction of sp³-hybridized carbons (Fsp3) is 0.250. The van der Waals surface area contributed by atoms with Crippen molar-refractivity contribution in [3.63, 3.8) is 0 Å². The molecule has 7 heteroatoms. The van der Waals surface area contributed by atoms with Gasteiger partial charge in [0.15, 0.2) is 0 Å². The van der Waals surface area contributed by atoms with E-state index < -0.39 is 30.6 Å². The summed E-state index contributed by atoms with van der Waals surface area (Å²) in [5, 5.41) is 12.0. The molecule has 4 rings (SSSR count). The number of hydrogen-bond acceptors (Lipinski definition) is 4. The van der Waals surface area contributed by atoms with E-state index in [1.165, 1.54) is 4.90 Å². The summed E-state index contributed by atoms with van der Waals surface area (Å²) in [5.41, 5.74) is 5.88. The summed E-state index contributed by atoms with van der Waals surface area (Å²) in [7, 11) is 0. The van der Waals surface area contributed by atoms with Crippen molar-refractivity contribution in [1.82, 2.24) is 5.32 Å². The van der Waals surface area contributed by atoms with E-state index in [0.717, 1.165) is 27.8 Å². The highest BCUT2D eigenvalue weighted by Gasteiger charge is 2.31. The van der Waals surface area contributed by atoms with Crippen LogP contribution in [0.15, 0.2) is 72.8 Å². The Morgan fingerprint density at radius 3 is 2.06 bits per heavy atom. The number of anilines is 1. The first kappa shape index (κ1) is 24.0. The summed E-state index contributed by atoms with van der Waals surface area (Å²) in [6, 6.07) is 22.1. The molecule has 2 amide bonds. The van der Waals surface area contributed by atoms with Gasteiger partial charge in [0, 0.05) is 11.6 Å². The predicted molar refractivity (Wildman–Crippen MR) is 133 cm³/mol. The molecule has 0 aromatic heterocycles. The maximum atomic E-state index is 13.2. The van der Waals surface area contributed by atoms with Gasteiger partial charge in [0.25, 0.3) is 0 Å². The predicted octanol–water partition coefficient (Wildman–Crippen LogP) is 4.73. The number of nitrogens with one attached hydrogen (secondary N) is 1. The number of rotatable bonds is 8. The van der Waals surface area contributed by atoms with Gasteiger partial charge in [0.05, 0.1) is 0 Å². The molecule has 1 unspecified atom stereocenters. The molecule has 1 atom stereocenters. The number of aryl methyl sites for hydroxylation is 1. The highest BCUT2D eigenvalue weighted by atomic mass is 16.5. The van der Waals surface area contributed by atoms with E-state index in [9.17, 15) is 19.5 Å². The number of ether oxygens (including phenoxy) is 1. The Kier molecular flexibility index (Phi) is 7.15. The molecule has 0 saturated heterocycles. The lowest BCUT2D eigenvalue weighted by Crippen LogP contribution is -2.50. The number of alkyl carbamates (subject to hydrolysis) is 1. The van der Waals surface area contributed by atoms with Crippen molar-refractivity contribution in [2.75, 3.05) is 18.1 Å². The van der Waals surface area contributed by atoms with Gasteiger partial charge in [-0.1, -0.05) is 73.2 Å². The van der Waals surface area contributed by atoms with Crippen LogP contribution in [0.1, 0.15) is 36.0 Å². The minimum absolute atomic E-state index is 0.0972. The molecule has 180 valence electrons. The second kappa shape index (κ2) is 10.4. The second-order valence-electron chi connectivity index (χ2n) is 8.58. The van der Waals surface area contributed by atoms with E-state index in [-0.39, 0.29) is 18.9 Å². The van der Waals surface area contributed by atoms with Crippen molar-refractivity contribution in [1.29, 1.82) is 0 Å². The van der Waals surface area contributed by atoms with E-state index in [1.807, 2.05) is 43.3 Å². The van der Waals surface area contributed by atoms with Crippen LogP contribution in [0.2, 0.25) is 0 Å². The number of carbonyl (C=O) groups excluding carboxylic acids is 2. The number of carboxylic acids is 1. The number of carbonyl (C=O) groups is 3. The van der Waals surface area contributed by atoms with Gasteiger partial charge in [-0.05, 0) is 47.7 Å². The Balaban J connectivity index is 1.45. The number of benzene rings is 3. The standard InChI is InChI=1S/C28H28N2O5/c1-3-25(27(33)30(16-26(31)32)19-14-12-18(2)13-15-19)29-28(34)35-17-24-22-10-6-4-8-20(22)21-9-5-7-11-23(21)24/h4-15,24-25H,3,16-17H2,1-2H3,(H,29,34)(H,31,32). The molecule has 1 aliphatic rings. The van der Waals surface area contributed by atoms with Gasteiger partial charge in [-0.2, -0.15) is 0 Å². The summed E-state index contributed by atoms with van der Waals surface area (Å²) < 4.78 is 5.57. The monoisotopic (exact) mass is 472 g/mol. The molecule has 0 aliphatic heterocycles. The van der Waals surface area contributed by atoms with Gasteiger partial charge in [0.2, 0.25) is 5.91 Å². The molecule has 0 bridgehead atoms. The zero-order valence-electron chi connectivity index (χ0n) is 19.7. The van der Waals surface area contributed by atoms with E-state index in [4.69, 9.17) is 4.74 Å². The van der Waals surface area contributed by atoms with Crippen molar-refractivity contribution < 1.29 is 24.2 Å². The molecule has 3 aromatic rings. The lowest BCUT2D eigenvalue weighted by molar-refractivity contribution is -0.136. The fourth-order valence-electron chi connectivity index (χ4n) is 4.47. The Hall–Kier alpha value is -4.13. The molecule has 3 aromatic carbocycles. The number of nitrogens with zero attached hydrogens (tertiary/aromatic N) is 1. The first-order valence-electron chi connectivity index (χ1n) is 11.6. The molecule has 0 fully saturated rings. The molecule has 0 radical (unpaired) electrons. The molecule has 0 spiro atoms. The molecule has 2 N–H and O–H groups in total. The molecular formula is C28H28N2O5. The van der Waals surface area contributed by atoms with Crippen LogP contribution >= 0.6 is 0 Å². The fourth-order valence-corrected chi connectivity index (χ4v) is 4.47. The van der Waals surface area contributed by atoms with Gasteiger partial charge in [-0.25, -0.2) is 4.79 Å². The number of hydrogen-bond donors (Lipinski definition) is 2.